The van der Waals surface area contributed by atoms with Gasteiger partial charge in [-0.25, -0.2) is 0 Å². The summed E-state index contributed by atoms with van der Waals surface area (Å²) < 4.78 is 5.78. The fraction of sp³-hybridized carbons (Fsp3) is 0.611. The molecule has 0 spiro atoms. The number of carboxylic acid groups (broad SMARTS) is 1. The topological polar surface area (TPSA) is 52.6 Å². The highest BCUT2D eigenvalue weighted by molar-refractivity contribution is 5.92. The molecule has 0 saturated carbocycles. The van der Waals surface area contributed by atoms with Crippen LogP contribution < -0.4 is 14.7 Å². The van der Waals surface area contributed by atoms with Gasteiger partial charge < -0.3 is 19.5 Å². The molecular weight excluding hydrogens is 278 g/mol. The van der Waals surface area contributed by atoms with Gasteiger partial charge in [0.25, 0.3) is 0 Å². The standard InChI is InChI=1S/C18H29NO3/c1-7-18(5,6)15-13(17(20)21)11-12-14(22-10-4)16(15)19(8-2)9-3/h11-12H,7-10H2,1-6H3,(H,20,21)/p-1. The molecule has 0 saturated heterocycles. The third-order valence-corrected chi connectivity index (χ3v) is 4.30. The molecule has 0 aliphatic carbocycles. The van der Waals surface area contributed by atoms with Crippen molar-refractivity contribution in [2.75, 3.05) is 24.6 Å². The van der Waals surface area contributed by atoms with E-state index in [-0.39, 0.29) is 11.0 Å². The number of ether oxygens (including phenoxy) is 1. The second-order valence-corrected chi connectivity index (χ2v) is 5.97. The second-order valence-electron chi connectivity index (χ2n) is 5.97. The molecule has 1 aromatic carbocycles. The van der Waals surface area contributed by atoms with E-state index >= 15 is 0 Å². The number of nitrogens with zero attached hydrogens (tertiary/aromatic N) is 1. The molecule has 4 heteroatoms. The lowest BCUT2D eigenvalue weighted by Gasteiger charge is -2.35. The Bertz CT molecular complexity index is 519. The van der Waals surface area contributed by atoms with Crippen LogP contribution in [0.25, 0.3) is 0 Å². The predicted molar refractivity (Wildman–Crippen MR) is 88.8 cm³/mol. The summed E-state index contributed by atoms with van der Waals surface area (Å²) in [6.45, 7) is 14.4. The Labute approximate surface area is 134 Å². The predicted octanol–water partition coefficient (Wildman–Crippen LogP) is 2.98. The van der Waals surface area contributed by atoms with E-state index in [1.54, 1.807) is 12.1 Å². The van der Waals surface area contributed by atoms with Crippen LogP contribution in [0.2, 0.25) is 0 Å². The Morgan fingerprint density at radius 2 is 1.77 bits per heavy atom. The summed E-state index contributed by atoms with van der Waals surface area (Å²) >= 11 is 0. The highest BCUT2D eigenvalue weighted by Gasteiger charge is 2.29. The van der Waals surface area contributed by atoms with Crippen LogP contribution >= 0.6 is 0 Å². The average Bonchev–Trinajstić information content (AvgIpc) is 2.49. The first-order valence-electron chi connectivity index (χ1n) is 8.10. The second kappa shape index (κ2) is 7.52. The number of carbonyl (C=O) groups is 1. The molecule has 0 aliphatic rings. The van der Waals surface area contributed by atoms with Gasteiger partial charge in [-0.1, -0.05) is 20.8 Å². The largest absolute Gasteiger partial charge is 0.545 e. The molecule has 0 atom stereocenters. The molecule has 0 bridgehead atoms. The van der Waals surface area contributed by atoms with Crippen molar-refractivity contribution in [1.29, 1.82) is 0 Å². The van der Waals surface area contributed by atoms with Gasteiger partial charge in [-0.15, -0.1) is 0 Å². The zero-order chi connectivity index (χ0) is 16.9. The molecule has 0 radical (unpaired) electrons. The average molecular weight is 306 g/mol. The summed E-state index contributed by atoms with van der Waals surface area (Å²) in [6, 6.07) is 3.36. The quantitative estimate of drug-likeness (QED) is 0.741. The lowest BCUT2D eigenvalue weighted by atomic mass is 9.78. The highest BCUT2D eigenvalue weighted by atomic mass is 16.5. The van der Waals surface area contributed by atoms with Crippen molar-refractivity contribution >= 4 is 11.7 Å². The molecule has 0 heterocycles. The van der Waals surface area contributed by atoms with Crippen LogP contribution in [0.5, 0.6) is 5.75 Å². The summed E-state index contributed by atoms with van der Waals surface area (Å²) in [6.07, 6.45) is 0.830. The van der Waals surface area contributed by atoms with Crippen molar-refractivity contribution in [3.63, 3.8) is 0 Å². The molecular formula is C18H28NO3-. The van der Waals surface area contributed by atoms with Gasteiger partial charge in [0, 0.05) is 18.7 Å². The summed E-state index contributed by atoms with van der Waals surface area (Å²) in [4.78, 5) is 13.8. The van der Waals surface area contributed by atoms with E-state index in [0.717, 1.165) is 36.5 Å². The fourth-order valence-corrected chi connectivity index (χ4v) is 2.73. The third-order valence-electron chi connectivity index (χ3n) is 4.30. The Balaban J connectivity index is 3.76. The third kappa shape index (κ3) is 3.54. The monoisotopic (exact) mass is 306 g/mol. The van der Waals surface area contributed by atoms with Crippen LogP contribution in [-0.4, -0.2) is 25.7 Å². The number of carboxylic acids is 1. The fourth-order valence-electron chi connectivity index (χ4n) is 2.73. The van der Waals surface area contributed by atoms with Gasteiger partial charge in [0.15, 0.2) is 0 Å². The SMILES string of the molecule is CCOc1ccc(C(=O)[O-])c(C(C)(C)CC)c1N(CC)CC. The van der Waals surface area contributed by atoms with Crippen molar-refractivity contribution < 1.29 is 14.6 Å². The van der Waals surface area contributed by atoms with Crippen LogP contribution in [0.1, 0.15) is 63.9 Å². The number of carbonyl (C=O) groups excluding carboxylic acids is 1. The van der Waals surface area contributed by atoms with E-state index in [9.17, 15) is 9.90 Å². The van der Waals surface area contributed by atoms with E-state index in [2.05, 4.69) is 39.5 Å². The Morgan fingerprint density at radius 3 is 2.18 bits per heavy atom. The number of benzene rings is 1. The Kier molecular flexibility index (Phi) is 6.27. The number of rotatable bonds is 8. The summed E-state index contributed by atoms with van der Waals surface area (Å²) in [5.41, 5.74) is 1.68. The molecule has 124 valence electrons. The van der Waals surface area contributed by atoms with Crippen molar-refractivity contribution in [3.05, 3.63) is 23.3 Å². The van der Waals surface area contributed by atoms with Crippen LogP contribution in [0, 0.1) is 0 Å². The molecule has 22 heavy (non-hydrogen) atoms. The van der Waals surface area contributed by atoms with Crippen LogP contribution in [-0.2, 0) is 5.41 Å². The zero-order valence-electron chi connectivity index (χ0n) is 14.7. The van der Waals surface area contributed by atoms with Gasteiger partial charge in [-0.05, 0) is 50.3 Å². The van der Waals surface area contributed by atoms with E-state index in [4.69, 9.17) is 4.74 Å². The van der Waals surface area contributed by atoms with Crippen molar-refractivity contribution in [2.45, 2.75) is 53.4 Å². The first-order chi connectivity index (χ1) is 10.3. The van der Waals surface area contributed by atoms with Gasteiger partial charge in [0.2, 0.25) is 0 Å². The summed E-state index contributed by atoms with van der Waals surface area (Å²) in [7, 11) is 0. The molecule has 4 nitrogen and oxygen atoms in total. The molecule has 0 N–H and O–H groups in total. The van der Waals surface area contributed by atoms with Crippen molar-refractivity contribution in [2.24, 2.45) is 0 Å². The Hall–Kier alpha value is -1.71. The number of hydrogen-bond donors (Lipinski definition) is 0. The smallest absolute Gasteiger partial charge is 0.142 e. The molecule has 0 aliphatic heterocycles. The first kappa shape index (κ1) is 18.3. The van der Waals surface area contributed by atoms with Crippen molar-refractivity contribution in [3.8, 4) is 5.75 Å². The Morgan fingerprint density at radius 1 is 1.18 bits per heavy atom. The first-order valence-corrected chi connectivity index (χ1v) is 8.10. The minimum atomic E-state index is -1.13. The van der Waals surface area contributed by atoms with Gasteiger partial charge in [-0.2, -0.15) is 0 Å². The van der Waals surface area contributed by atoms with Gasteiger partial charge in [0.1, 0.15) is 5.75 Å². The maximum atomic E-state index is 11.6. The van der Waals surface area contributed by atoms with Gasteiger partial charge >= 0.3 is 0 Å². The number of hydrogen-bond acceptors (Lipinski definition) is 4. The minimum absolute atomic E-state index is 0.261. The van der Waals surface area contributed by atoms with E-state index in [1.165, 1.54) is 0 Å². The molecule has 0 amide bonds. The van der Waals surface area contributed by atoms with Crippen LogP contribution in [0.3, 0.4) is 0 Å². The maximum absolute atomic E-state index is 11.6. The number of aromatic carboxylic acids is 1. The lowest BCUT2D eigenvalue weighted by Crippen LogP contribution is -2.33. The molecule has 0 aromatic heterocycles. The molecule has 1 rings (SSSR count). The van der Waals surface area contributed by atoms with E-state index in [0.29, 0.717) is 6.61 Å². The summed E-state index contributed by atoms with van der Waals surface area (Å²) in [5.74, 6) is -0.388. The molecule has 0 fully saturated rings. The maximum Gasteiger partial charge on any atom is 0.142 e. The van der Waals surface area contributed by atoms with Crippen LogP contribution in [0.15, 0.2) is 12.1 Å². The number of anilines is 1. The van der Waals surface area contributed by atoms with E-state index in [1.807, 2.05) is 6.92 Å². The highest BCUT2D eigenvalue weighted by Crippen LogP contribution is 2.43. The normalized spacial score (nSPS) is 11.4. The van der Waals surface area contributed by atoms with Crippen molar-refractivity contribution in [1.82, 2.24) is 0 Å². The van der Waals surface area contributed by atoms with Crippen LogP contribution in [0.4, 0.5) is 5.69 Å². The molecule has 0 unspecified atom stereocenters. The van der Waals surface area contributed by atoms with Gasteiger partial charge in [0.05, 0.1) is 18.3 Å². The van der Waals surface area contributed by atoms with E-state index < -0.39 is 5.97 Å². The summed E-state index contributed by atoms with van der Waals surface area (Å²) in [5, 5.41) is 11.6. The minimum Gasteiger partial charge on any atom is -0.545 e. The zero-order valence-corrected chi connectivity index (χ0v) is 14.7. The molecule has 1 aromatic rings. The van der Waals surface area contributed by atoms with Gasteiger partial charge in [-0.3, -0.25) is 0 Å². The lowest BCUT2D eigenvalue weighted by molar-refractivity contribution is -0.255.